The van der Waals surface area contributed by atoms with Gasteiger partial charge < -0.3 is 65.6 Å². The van der Waals surface area contributed by atoms with Gasteiger partial charge in [0.15, 0.2) is 0 Å². The fourth-order valence-electron chi connectivity index (χ4n) is 7.85. The molecule has 0 aromatic carbocycles. The third-order valence-electron chi connectivity index (χ3n) is 12.1. The second-order valence-corrected chi connectivity index (χ2v) is 16.0. The first-order valence-corrected chi connectivity index (χ1v) is 19.2. The maximum absolute atomic E-state index is 12.0. The fourth-order valence-corrected chi connectivity index (χ4v) is 7.85. The topological polar surface area (TPSA) is 406 Å². The van der Waals surface area contributed by atoms with Crippen LogP contribution in [0.3, 0.4) is 0 Å². The van der Waals surface area contributed by atoms with E-state index in [0.717, 1.165) is 0 Å². The summed E-state index contributed by atoms with van der Waals surface area (Å²) in [5, 5.41) is 132. The zero-order chi connectivity index (χ0) is 53.3. The standard InChI is InChI=1S/C26H50O9.6C2H3NO.C2H6.CH4O2.CH4.Y/c1-18(2)20(4,13-27)16(29)15-19(3,17(30)25(9,34)22(18,6)14-28)11-23(7,32)26(10,35)24(8,33)12-21(15,5)31;2*1-4-2-3;4*1-3-2-4;1-2;2-1-3;;/h15-17,27-35H,11-14H2,1-10H3;6*1H3;1-2H3;2-3H,1H2;1H4;. The number of nitrogens with zero attached hydrogens (tertiary/aromatic N) is 6. The maximum atomic E-state index is 12.0. The molecule has 0 spiro atoms. The van der Waals surface area contributed by atoms with Crippen molar-refractivity contribution in [3.63, 3.8) is 0 Å². The summed E-state index contributed by atoms with van der Waals surface area (Å²) in [7, 11) is 8.17. The number of hydrogen-bond donors (Lipinski definition) is 11. The van der Waals surface area contributed by atoms with Crippen LogP contribution in [-0.4, -0.2) is 183 Å². The second-order valence-electron chi connectivity index (χ2n) is 16.0. The van der Waals surface area contributed by atoms with Crippen LogP contribution in [0, 0.1) is 50.6 Å². The summed E-state index contributed by atoms with van der Waals surface area (Å²) in [6, 6.07) is 0. The quantitative estimate of drug-likeness (QED) is 0.0778. The minimum absolute atomic E-state index is 0. The van der Waals surface area contributed by atoms with Gasteiger partial charge in [-0.2, -0.15) is 10.5 Å². The first kappa shape index (κ1) is 82.8. The number of aliphatic hydroxyl groups excluding tert-OH is 5. The van der Waals surface area contributed by atoms with E-state index in [1.54, 1.807) is 27.7 Å². The van der Waals surface area contributed by atoms with Crippen LogP contribution in [0.15, 0.2) is 20.0 Å². The van der Waals surface area contributed by atoms with Crippen LogP contribution in [-0.2, 0) is 61.4 Å². The van der Waals surface area contributed by atoms with E-state index in [-0.39, 0.29) is 40.1 Å². The maximum Gasteiger partial charge on any atom is 0.286 e. The Kier molecular flexibility index (Phi) is 48.6. The molecule has 23 nitrogen and oxygen atoms in total. The summed E-state index contributed by atoms with van der Waals surface area (Å²) in [6.45, 7) is 16.7. The van der Waals surface area contributed by atoms with Gasteiger partial charge in [-0.3, -0.25) is 0 Å². The molecule has 0 aromatic heterocycles. The number of fused-ring (bicyclic) bond motifs is 1. The normalized spacial score (nSPS) is 33.5. The molecule has 0 aliphatic heterocycles. The molecule has 0 amide bonds. The first-order valence-electron chi connectivity index (χ1n) is 19.2. The SMILES string of the molecule is C.CC.CC1(O)CC(C)(O)C(C)(O)C(C)(O)CC2(C)C1C(O)C(C)(CO)C(C)(C)C(C)(CO)C(C)(O)C2O.CN=C=O.CN=C=O.CN=C=O.CN=C=O.COC#N.COC#N.OCO.[Y]. The molecule has 11 atom stereocenters. The van der Waals surface area contributed by atoms with Crippen molar-refractivity contribution in [3.8, 4) is 12.5 Å². The number of rotatable bonds is 2. The molecule has 0 saturated heterocycles. The zero-order valence-corrected chi connectivity index (χ0v) is 44.2. The van der Waals surface area contributed by atoms with Gasteiger partial charge in [-0.25, -0.2) is 39.1 Å². The summed E-state index contributed by atoms with van der Waals surface area (Å²) in [5.41, 5.74) is -16.1. The molecule has 24 heteroatoms. The minimum Gasteiger partial charge on any atom is -0.431 e. The van der Waals surface area contributed by atoms with Gasteiger partial charge >= 0.3 is 0 Å². The summed E-state index contributed by atoms with van der Waals surface area (Å²) < 4.78 is 7.69. The number of aliphatic imine (C=N–C) groups is 4. The van der Waals surface area contributed by atoms with Crippen molar-refractivity contribution in [1.82, 2.24) is 0 Å². The molecule has 0 heterocycles. The van der Waals surface area contributed by atoms with E-state index in [9.17, 15) is 46.0 Å². The van der Waals surface area contributed by atoms with E-state index in [1.165, 1.54) is 121 Å². The Labute approximate surface area is 416 Å². The number of nitriles is 2. The van der Waals surface area contributed by atoms with Crippen molar-refractivity contribution < 1.29 is 118 Å². The molecule has 0 bridgehead atoms. The third-order valence-corrected chi connectivity index (χ3v) is 12.1. The van der Waals surface area contributed by atoms with Crippen molar-refractivity contribution in [2.45, 2.75) is 144 Å². The number of hydrogen-bond acceptors (Lipinski definition) is 23. The number of carbonyl (C=O) groups excluding carboxylic acids is 4. The molecule has 0 aromatic rings. The Morgan fingerprint density at radius 2 is 0.864 bits per heavy atom. The Bertz CT molecular complexity index is 1480. The van der Waals surface area contributed by atoms with Crippen molar-refractivity contribution in [1.29, 1.82) is 10.5 Å². The predicted molar refractivity (Wildman–Crippen MR) is 239 cm³/mol. The fraction of sp³-hybridized carbons (Fsp3) is 0.857. The zero-order valence-electron chi connectivity index (χ0n) is 41.4. The average molecular weight is 1030 g/mol. The van der Waals surface area contributed by atoms with Crippen LogP contribution in [0.1, 0.15) is 103 Å². The minimum atomic E-state index is -2.17. The van der Waals surface area contributed by atoms with Crippen LogP contribution in [0.2, 0.25) is 0 Å². The molecule has 11 N–H and O–H groups in total. The van der Waals surface area contributed by atoms with E-state index >= 15 is 0 Å². The summed E-state index contributed by atoms with van der Waals surface area (Å²) in [4.78, 5) is 47.2. The number of ether oxygens (including phenoxy) is 2. The van der Waals surface area contributed by atoms with E-state index in [2.05, 4.69) is 29.4 Å². The van der Waals surface area contributed by atoms with Gasteiger partial charge in [-0.1, -0.05) is 55.9 Å². The van der Waals surface area contributed by atoms with Gasteiger partial charge in [0, 0.05) is 89.5 Å². The molecule has 11 unspecified atom stereocenters. The van der Waals surface area contributed by atoms with Gasteiger partial charge in [0.25, 0.3) is 12.5 Å². The van der Waals surface area contributed by atoms with E-state index in [0.29, 0.717) is 0 Å². The van der Waals surface area contributed by atoms with E-state index in [1.807, 2.05) is 13.8 Å². The predicted octanol–water partition coefficient (Wildman–Crippen LogP) is 0.541. The summed E-state index contributed by atoms with van der Waals surface area (Å²) in [5.74, 6) is -1.30. The van der Waals surface area contributed by atoms with Gasteiger partial charge in [-0.15, -0.1) is 0 Å². The van der Waals surface area contributed by atoms with Crippen LogP contribution in [0.4, 0.5) is 0 Å². The van der Waals surface area contributed by atoms with E-state index < -0.39 is 101 Å². The molecular weight excluding hydrogens is 949 g/mol. The van der Waals surface area contributed by atoms with Crippen LogP contribution < -0.4 is 0 Å². The molecule has 2 aliphatic rings. The van der Waals surface area contributed by atoms with Gasteiger partial charge in [0.05, 0.1) is 62.0 Å². The Morgan fingerprint density at radius 1 is 0.606 bits per heavy atom. The monoisotopic (exact) mass is 1030 g/mol. The Hall–Kier alpha value is -3.24. The Balaban J connectivity index is -0.000000122. The molecular formula is C42H82N6O17Y. The van der Waals surface area contributed by atoms with Crippen LogP contribution >= 0.6 is 0 Å². The molecule has 2 fully saturated rings. The van der Waals surface area contributed by atoms with Crippen LogP contribution in [0.5, 0.6) is 0 Å². The smallest absolute Gasteiger partial charge is 0.286 e. The molecule has 2 rings (SSSR count). The number of methoxy groups -OCH3 is 2. The van der Waals surface area contributed by atoms with Gasteiger partial charge in [0.1, 0.15) is 12.4 Å². The van der Waals surface area contributed by atoms with Crippen molar-refractivity contribution >= 4 is 24.3 Å². The molecule has 66 heavy (non-hydrogen) atoms. The van der Waals surface area contributed by atoms with Gasteiger partial charge in [0.2, 0.25) is 24.3 Å². The molecule has 2 aliphatic carbocycles. The Morgan fingerprint density at radius 3 is 1.08 bits per heavy atom. The van der Waals surface area contributed by atoms with Crippen molar-refractivity contribution in [3.05, 3.63) is 0 Å². The summed E-state index contributed by atoms with van der Waals surface area (Å²) in [6.07, 6.45) is 3.89. The van der Waals surface area contributed by atoms with E-state index in [4.69, 9.17) is 39.9 Å². The van der Waals surface area contributed by atoms with Crippen LogP contribution in [0.25, 0.3) is 0 Å². The van der Waals surface area contributed by atoms with Gasteiger partial charge in [-0.05, 0) is 46.5 Å². The molecule has 2 saturated carbocycles. The second kappa shape index (κ2) is 38.7. The summed E-state index contributed by atoms with van der Waals surface area (Å²) >= 11 is 0. The molecule has 385 valence electrons. The number of aliphatic hydroxyl groups is 11. The van der Waals surface area contributed by atoms with Crippen molar-refractivity contribution in [2.75, 3.05) is 62.4 Å². The molecule has 1 radical (unpaired) electrons. The van der Waals surface area contributed by atoms with Crippen molar-refractivity contribution in [2.24, 2.45) is 47.5 Å². The average Bonchev–Trinajstić information content (AvgIpc) is 3.25. The third kappa shape index (κ3) is 21.8. The first-order chi connectivity index (χ1) is 29.1. The largest absolute Gasteiger partial charge is 0.431 e. The number of isocyanates is 4.